The highest BCUT2D eigenvalue weighted by Gasteiger charge is 2.31. The van der Waals surface area contributed by atoms with Gasteiger partial charge < -0.3 is 4.79 Å². The number of rotatable bonds is 3. The zero-order chi connectivity index (χ0) is 14.7. The first-order valence-corrected chi connectivity index (χ1v) is 8.47. The van der Waals surface area contributed by atoms with Crippen molar-refractivity contribution in [3.63, 3.8) is 0 Å². The van der Waals surface area contributed by atoms with Gasteiger partial charge in [-0.1, -0.05) is 12.1 Å². The SMILES string of the molecule is O=CC1CCC(C2CCC(c3ccc(F)cc3)CC2)CC1. The molecule has 1 nitrogen and oxygen atoms in total. The van der Waals surface area contributed by atoms with E-state index in [0.29, 0.717) is 11.8 Å². The topological polar surface area (TPSA) is 17.1 Å². The second-order valence-electron chi connectivity index (χ2n) is 6.97. The average Bonchev–Trinajstić information content (AvgIpc) is 2.56. The molecule has 0 unspecified atom stereocenters. The standard InChI is InChI=1S/C19H25FO/c20-19-11-9-18(10-12-19)17-7-5-16(6-8-17)15-3-1-14(13-21)2-4-15/h9-17H,1-8H2. The number of hydrogen-bond acceptors (Lipinski definition) is 1. The predicted molar refractivity (Wildman–Crippen MR) is 82.6 cm³/mol. The number of halogens is 1. The van der Waals surface area contributed by atoms with E-state index in [1.807, 2.05) is 12.1 Å². The zero-order valence-corrected chi connectivity index (χ0v) is 12.6. The van der Waals surface area contributed by atoms with Crippen molar-refractivity contribution in [2.24, 2.45) is 17.8 Å². The highest BCUT2D eigenvalue weighted by molar-refractivity contribution is 5.53. The Kier molecular flexibility index (Phi) is 4.72. The lowest BCUT2D eigenvalue weighted by atomic mass is 9.68. The summed E-state index contributed by atoms with van der Waals surface area (Å²) >= 11 is 0. The van der Waals surface area contributed by atoms with Gasteiger partial charge in [0.15, 0.2) is 0 Å². The number of carbonyl (C=O) groups is 1. The summed E-state index contributed by atoms with van der Waals surface area (Å²) in [5.74, 6) is 2.51. The lowest BCUT2D eigenvalue weighted by molar-refractivity contribution is -0.112. The zero-order valence-electron chi connectivity index (χ0n) is 12.6. The molecule has 1 aromatic carbocycles. The Labute approximate surface area is 126 Å². The van der Waals surface area contributed by atoms with Gasteiger partial charge in [-0.15, -0.1) is 0 Å². The minimum absolute atomic E-state index is 0.139. The first-order valence-electron chi connectivity index (χ1n) is 8.47. The Balaban J connectivity index is 1.51. The van der Waals surface area contributed by atoms with Gasteiger partial charge in [0.05, 0.1) is 0 Å². The molecule has 2 aliphatic carbocycles. The summed E-state index contributed by atoms with van der Waals surface area (Å²) in [6, 6.07) is 7.08. The fourth-order valence-electron chi connectivity index (χ4n) is 4.41. The Hall–Kier alpha value is -1.18. The normalized spacial score (nSPS) is 33.6. The highest BCUT2D eigenvalue weighted by Crippen LogP contribution is 2.43. The fraction of sp³-hybridized carbons (Fsp3) is 0.632. The van der Waals surface area contributed by atoms with Crippen molar-refractivity contribution in [1.82, 2.24) is 0 Å². The Bertz CT molecular complexity index is 451. The Morgan fingerprint density at radius 3 is 1.86 bits per heavy atom. The first kappa shape index (κ1) is 14.7. The van der Waals surface area contributed by atoms with Gasteiger partial charge in [-0.2, -0.15) is 0 Å². The minimum atomic E-state index is -0.139. The van der Waals surface area contributed by atoms with Gasteiger partial charge in [-0.3, -0.25) is 0 Å². The van der Waals surface area contributed by atoms with E-state index < -0.39 is 0 Å². The number of carbonyl (C=O) groups excluding carboxylic acids is 1. The van der Waals surface area contributed by atoms with Crippen molar-refractivity contribution in [3.8, 4) is 0 Å². The maximum Gasteiger partial charge on any atom is 0.123 e. The number of benzene rings is 1. The van der Waals surface area contributed by atoms with Crippen molar-refractivity contribution in [3.05, 3.63) is 35.6 Å². The number of hydrogen-bond donors (Lipinski definition) is 0. The average molecular weight is 288 g/mol. The van der Waals surface area contributed by atoms with Gasteiger partial charge in [-0.05, 0) is 86.8 Å². The van der Waals surface area contributed by atoms with Crippen LogP contribution in [0.2, 0.25) is 0 Å². The second-order valence-corrected chi connectivity index (χ2v) is 6.97. The molecule has 0 spiro atoms. The molecule has 2 heteroatoms. The van der Waals surface area contributed by atoms with Crippen LogP contribution in [0.15, 0.2) is 24.3 Å². The molecule has 21 heavy (non-hydrogen) atoms. The molecule has 0 bridgehead atoms. The van der Waals surface area contributed by atoms with E-state index in [0.717, 1.165) is 31.0 Å². The second kappa shape index (κ2) is 6.72. The quantitative estimate of drug-likeness (QED) is 0.707. The monoisotopic (exact) mass is 288 g/mol. The molecule has 0 amide bonds. The van der Waals surface area contributed by atoms with Crippen LogP contribution < -0.4 is 0 Å². The highest BCUT2D eigenvalue weighted by atomic mass is 19.1. The van der Waals surface area contributed by atoms with Gasteiger partial charge in [0, 0.05) is 5.92 Å². The lowest BCUT2D eigenvalue weighted by Gasteiger charge is -2.37. The van der Waals surface area contributed by atoms with Crippen LogP contribution in [0.4, 0.5) is 4.39 Å². The van der Waals surface area contributed by atoms with Crippen molar-refractivity contribution < 1.29 is 9.18 Å². The van der Waals surface area contributed by atoms with Crippen molar-refractivity contribution in [1.29, 1.82) is 0 Å². The van der Waals surface area contributed by atoms with Crippen LogP contribution in [-0.4, -0.2) is 6.29 Å². The molecule has 0 aromatic heterocycles. The van der Waals surface area contributed by atoms with Crippen molar-refractivity contribution in [2.45, 2.75) is 57.3 Å². The maximum absolute atomic E-state index is 13.0. The molecule has 0 N–H and O–H groups in total. The van der Waals surface area contributed by atoms with Crippen LogP contribution in [0.5, 0.6) is 0 Å². The predicted octanol–water partition coefficient (Wildman–Crippen LogP) is 5.10. The van der Waals surface area contributed by atoms with E-state index in [1.54, 1.807) is 12.1 Å². The summed E-state index contributed by atoms with van der Waals surface area (Å²) < 4.78 is 13.0. The van der Waals surface area contributed by atoms with Gasteiger partial charge in [0.2, 0.25) is 0 Å². The van der Waals surface area contributed by atoms with E-state index in [4.69, 9.17) is 0 Å². The van der Waals surface area contributed by atoms with Crippen molar-refractivity contribution in [2.75, 3.05) is 0 Å². The largest absolute Gasteiger partial charge is 0.303 e. The molecule has 0 saturated heterocycles. The third-order valence-electron chi connectivity index (χ3n) is 5.79. The lowest BCUT2D eigenvalue weighted by Crippen LogP contribution is -2.25. The van der Waals surface area contributed by atoms with Crippen LogP contribution >= 0.6 is 0 Å². The summed E-state index contributed by atoms with van der Waals surface area (Å²) in [4.78, 5) is 10.8. The first-order chi connectivity index (χ1) is 10.3. The maximum atomic E-state index is 13.0. The molecule has 3 rings (SSSR count). The molecule has 2 fully saturated rings. The summed E-state index contributed by atoms with van der Waals surface area (Å²) in [5, 5.41) is 0. The van der Waals surface area contributed by atoms with E-state index in [9.17, 15) is 9.18 Å². The molecule has 2 saturated carbocycles. The molecule has 2 aliphatic rings. The van der Waals surface area contributed by atoms with Crippen LogP contribution in [0.3, 0.4) is 0 Å². The summed E-state index contributed by atoms with van der Waals surface area (Å²) in [6.45, 7) is 0. The fourth-order valence-corrected chi connectivity index (χ4v) is 4.41. The Morgan fingerprint density at radius 1 is 0.810 bits per heavy atom. The van der Waals surface area contributed by atoms with Crippen LogP contribution in [0.1, 0.15) is 62.8 Å². The van der Waals surface area contributed by atoms with Crippen LogP contribution in [-0.2, 0) is 4.79 Å². The van der Waals surface area contributed by atoms with E-state index >= 15 is 0 Å². The smallest absolute Gasteiger partial charge is 0.123 e. The van der Waals surface area contributed by atoms with Crippen molar-refractivity contribution >= 4 is 6.29 Å². The molecule has 0 aliphatic heterocycles. The Morgan fingerprint density at radius 2 is 1.33 bits per heavy atom. The van der Waals surface area contributed by atoms with E-state index in [-0.39, 0.29) is 5.82 Å². The summed E-state index contributed by atoms with van der Waals surface area (Å²) in [5.41, 5.74) is 1.31. The minimum Gasteiger partial charge on any atom is -0.303 e. The van der Waals surface area contributed by atoms with E-state index in [1.165, 1.54) is 44.1 Å². The third-order valence-corrected chi connectivity index (χ3v) is 5.79. The van der Waals surface area contributed by atoms with Gasteiger partial charge in [-0.25, -0.2) is 4.39 Å². The molecule has 0 atom stereocenters. The van der Waals surface area contributed by atoms with E-state index in [2.05, 4.69) is 0 Å². The molecule has 0 radical (unpaired) electrons. The summed E-state index contributed by atoms with van der Waals surface area (Å²) in [7, 11) is 0. The molecular weight excluding hydrogens is 263 g/mol. The molecule has 114 valence electrons. The van der Waals surface area contributed by atoms with Crippen LogP contribution in [0.25, 0.3) is 0 Å². The van der Waals surface area contributed by atoms with Gasteiger partial charge >= 0.3 is 0 Å². The third kappa shape index (κ3) is 3.53. The van der Waals surface area contributed by atoms with Crippen LogP contribution in [0, 0.1) is 23.6 Å². The molecular formula is C19H25FO. The van der Waals surface area contributed by atoms with Gasteiger partial charge in [0.1, 0.15) is 12.1 Å². The number of aldehydes is 1. The van der Waals surface area contributed by atoms with Gasteiger partial charge in [0.25, 0.3) is 0 Å². The summed E-state index contributed by atoms with van der Waals surface area (Å²) in [6.07, 6.45) is 10.9. The molecule has 1 aromatic rings. The molecule has 0 heterocycles.